The maximum atomic E-state index is 13.7. The van der Waals surface area contributed by atoms with E-state index in [-0.39, 0.29) is 25.0 Å². The second kappa shape index (κ2) is 10.3. The molecule has 9 heteroatoms. The number of carboxylic acids is 1. The average Bonchev–Trinajstić information content (AvgIpc) is 3.30. The van der Waals surface area contributed by atoms with E-state index < -0.39 is 11.8 Å². The number of nitrogens with one attached hydrogen (secondary N) is 3. The van der Waals surface area contributed by atoms with Gasteiger partial charge in [0.15, 0.2) is 0 Å². The average molecular weight is 490 g/mol. The van der Waals surface area contributed by atoms with Gasteiger partial charge in [-0.25, -0.2) is 9.18 Å². The van der Waals surface area contributed by atoms with Gasteiger partial charge in [0.1, 0.15) is 18.2 Å². The minimum atomic E-state index is -1.02. The van der Waals surface area contributed by atoms with Crippen molar-refractivity contribution in [2.45, 2.75) is 13.8 Å². The Morgan fingerprint density at radius 3 is 2.61 bits per heavy atom. The van der Waals surface area contributed by atoms with Gasteiger partial charge in [0.25, 0.3) is 11.8 Å². The number of H-pyrrole nitrogens is 1. The molecular formula is C27H24FN3O5. The molecule has 0 spiro atoms. The fourth-order valence-corrected chi connectivity index (χ4v) is 3.97. The molecule has 1 aromatic heterocycles. The smallest absolute Gasteiger partial charge is 0.328 e. The first kappa shape index (κ1) is 24.5. The van der Waals surface area contributed by atoms with Crippen molar-refractivity contribution in [3.8, 4) is 5.75 Å². The number of rotatable bonds is 8. The van der Waals surface area contributed by atoms with Crippen LogP contribution in [0.4, 0.5) is 10.1 Å². The zero-order chi connectivity index (χ0) is 25.8. The number of carbonyl (C=O) groups is 3. The summed E-state index contributed by atoms with van der Waals surface area (Å²) < 4.78 is 19.4. The number of carboxylic acid groups (broad SMARTS) is 1. The lowest BCUT2D eigenvalue weighted by atomic mass is 10.0. The summed E-state index contributed by atoms with van der Waals surface area (Å²) in [5.41, 5.74) is 4.42. The van der Waals surface area contributed by atoms with Gasteiger partial charge < -0.3 is 25.5 Å². The summed E-state index contributed by atoms with van der Waals surface area (Å²) in [6, 6.07) is 11.0. The third-order valence-corrected chi connectivity index (χ3v) is 5.71. The van der Waals surface area contributed by atoms with Crippen LogP contribution in [0.25, 0.3) is 17.7 Å². The summed E-state index contributed by atoms with van der Waals surface area (Å²) in [6.07, 6.45) is 4.16. The SMILES string of the molecule is Cc1[nH]c(/C=C2\C(=O)Nc3ccc(F)cc32)c(C)c1C(=O)NCCOc1ccc(C=CC(=O)O)cc1. The molecule has 2 aromatic carbocycles. The van der Waals surface area contributed by atoms with Crippen molar-refractivity contribution in [1.82, 2.24) is 10.3 Å². The molecule has 4 N–H and O–H groups in total. The number of benzene rings is 2. The molecule has 184 valence electrons. The number of aliphatic carboxylic acids is 1. The van der Waals surface area contributed by atoms with Crippen LogP contribution in [0, 0.1) is 19.7 Å². The van der Waals surface area contributed by atoms with Crippen LogP contribution >= 0.6 is 0 Å². The molecule has 8 nitrogen and oxygen atoms in total. The van der Waals surface area contributed by atoms with Gasteiger partial charge in [-0.3, -0.25) is 9.59 Å². The van der Waals surface area contributed by atoms with Crippen LogP contribution in [0.5, 0.6) is 5.75 Å². The fraction of sp³-hybridized carbons (Fsp3) is 0.148. The van der Waals surface area contributed by atoms with Crippen molar-refractivity contribution in [2.24, 2.45) is 0 Å². The molecule has 0 saturated carbocycles. The fourth-order valence-electron chi connectivity index (χ4n) is 3.97. The number of halogens is 1. The summed E-state index contributed by atoms with van der Waals surface area (Å²) in [7, 11) is 0. The first-order chi connectivity index (χ1) is 17.2. The first-order valence-corrected chi connectivity index (χ1v) is 11.2. The number of fused-ring (bicyclic) bond motifs is 1. The van der Waals surface area contributed by atoms with E-state index in [2.05, 4.69) is 15.6 Å². The molecule has 0 bridgehead atoms. The maximum absolute atomic E-state index is 13.7. The number of amides is 2. The Kier molecular flexibility index (Phi) is 7.00. The first-order valence-electron chi connectivity index (χ1n) is 11.2. The molecule has 3 aromatic rings. The number of aromatic amines is 1. The summed E-state index contributed by atoms with van der Waals surface area (Å²) in [5.74, 6) is -1.50. The van der Waals surface area contributed by atoms with Crippen molar-refractivity contribution in [2.75, 3.05) is 18.5 Å². The van der Waals surface area contributed by atoms with Crippen molar-refractivity contribution >= 4 is 41.2 Å². The van der Waals surface area contributed by atoms with E-state index in [9.17, 15) is 18.8 Å². The topological polar surface area (TPSA) is 121 Å². The number of hydrogen-bond donors (Lipinski definition) is 4. The van der Waals surface area contributed by atoms with Crippen LogP contribution in [0.3, 0.4) is 0 Å². The third kappa shape index (κ3) is 5.35. The molecule has 0 fully saturated rings. The number of ether oxygens (including phenoxy) is 1. The number of hydrogen-bond acceptors (Lipinski definition) is 4. The largest absolute Gasteiger partial charge is 0.492 e. The normalized spacial score (nSPS) is 13.6. The van der Waals surface area contributed by atoms with E-state index in [0.29, 0.717) is 45.1 Å². The van der Waals surface area contributed by atoms with Crippen molar-refractivity contribution in [3.05, 3.63) is 88.0 Å². The third-order valence-electron chi connectivity index (χ3n) is 5.71. The highest BCUT2D eigenvalue weighted by Crippen LogP contribution is 2.34. The van der Waals surface area contributed by atoms with E-state index in [1.54, 1.807) is 44.2 Å². The van der Waals surface area contributed by atoms with Crippen LogP contribution in [-0.2, 0) is 9.59 Å². The Labute approximate surface area is 206 Å². The predicted octanol–water partition coefficient (Wildman–Crippen LogP) is 4.17. The van der Waals surface area contributed by atoms with E-state index in [4.69, 9.17) is 9.84 Å². The van der Waals surface area contributed by atoms with Gasteiger partial charge in [-0.2, -0.15) is 0 Å². The molecule has 0 unspecified atom stereocenters. The van der Waals surface area contributed by atoms with Gasteiger partial charge in [-0.1, -0.05) is 12.1 Å². The number of carbonyl (C=O) groups excluding carboxylic acids is 2. The van der Waals surface area contributed by atoms with Crippen LogP contribution in [0.1, 0.15) is 38.4 Å². The zero-order valence-corrected chi connectivity index (χ0v) is 19.6. The Bertz CT molecular complexity index is 1400. The van der Waals surface area contributed by atoms with E-state index in [0.717, 1.165) is 11.6 Å². The molecular weight excluding hydrogens is 465 g/mol. The summed E-state index contributed by atoms with van der Waals surface area (Å²) in [6.45, 7) is 4.04. The van der Waals surface area contributed by atoms with Crippen LogP contribution in [0.2, 0.25) is 0 Å². The molecule has 2 heterocycles. The number of aromatic nitrogens is 1. The molecule has 1 aliphatic rings. The van der Waals surface area contributed by atoms with Gasteiger partial charge in [-0.05, 0) is 67.5 Å². The van der Waals surface area contributed by atoms with Gasteiger partial charge in [0.05, 0.1) is 17.7 Å². The monoisotopic (exact) mass is 489 g/mol. The molecule has 0 aliphatic carbocycles. The van der Waals surface area contributed by atoms with Gasteiger partial charge in [0, 0.05) is 28.7 Å². The minimum absolute atomic E-state index is 0.234. The van der Waals surface area contributed by atoms with Gasteiger partial charge in [0.2, 0.25) is 0 Å². The lowest BCUT2D eigenvalue weighted by molar-refractivity contribution is -0.131. The van der Waals surface area contributed by atoms with E-state index in [1.165, 1.54) is 24.3 Å². The second-order valence-corrected chi connectivity index (χ2v) is 8.21. The molecule has 2 amide bonds. The van der Waals surface area contributed by atoms with Crippen molar-refractivity contribution < 1.29 is 28.6 Å². The molecule has 0 saturated heterocycles. The zero-order valence-electron chi connectivity index (χ0n) is 19.6. The van der Waals surface area contributed by atoms with Crippen LogP contribution in [-0.4, -0.2) is 41.0 Å². The molecule has 0 radical (unpaired) electrons. The molecule has 1 aliphatic heterocycles. The Morgan fingerprint density at radius 2 is 1.89 bits per heavy atom. The lowest BCUT2D eigenvalue weighted by Gasteiger charge is -2.08. The minimum Gasteiger partial charge on any atom is -0.492 e. The Balaban J connectivity index is 1.39. The van der Waals surface area contributed by atoms with Crippen LogP contribution < -0.4 is 15.4 Å². The summed E-state index contributed by atoms with van der Waals surface area (Å²) in [4.78, 5) is 39.0. The highest BCUT2D eigenvalue weighted by atomic mass is 19.1. The maximum Gasteiger partial charge on any atom is 0.328 e. The lowest BCUT2D eigenvalue weighted by Crippen LogP contribution is -2.28. The van der Waals surface area contributed by atoms with Gasteiger partial charge >= 0.3 is 5.97 Å². The standard InChI is InChI=1S/C27H24FN3O5/c1-15-23(14-21-20-13-18(28)6-9-22(20)31-26(21)34)30-16(2)25(15)27(35)29-11-12-36-19-7-3-17(4-8-19)5-10-24(32)33/h3-10,13-14,30H,11-12H2,1-2H3,(H,29,35)(H,31,34)(H,32,33)/b10-5?,21-14-. The highest BCUT2D eigenvalue weighted by Gasteiger charge is 2.26. The molecule has 0 atom stereocenters. The Morgan fingerprint density at radius 1 is 1.14 bits per heavy atom. The van der Waals surface area contributed by atoms with Crippen LogP contribution in [0.15, 0.2) is 48.5 Å². The molecule has 36 heavy (non-hydrogen) atoms. The second-order valence-electron chi connectivity index (χ2n) is 8.21. The number of anilines is 1. The summed E-state index contributed by atoms with van der Waals surface area (Å²) in [5, 5.41) is 14.2. The molecule has 4 rings (SSSR count). The van der Waals surface area contributed by atoms with E-state index in [1.807, 2.05) is 0 Å². The van der Waals surface area contributed by atoms with Gasteiger partial charge in [-0.15, -0.1) is 0 Å². The quantitative estimate of drug-likeness (QED) is 0.280. The van der Waals surface area contributed by atoms with E-state index >= 15 is 0 Å². The Hall–Kier alpha value is -4.66. The van der Waals surface area contributed by atoms with Crippen molar-refractivity contribution in [1.29, 1.82) is 0 Å². The summed E-state index contributed by atoms with van der Waals surface area (Å²) >= 11 is 0. The predicted molar refractivity (Wildman–Crippen MR) is 134 cm³/mol. The highest BCUT2D eigenvalue weighted by molar-refractivity contribution is 6.34. The number of aryl methyl sites for hydroxylation is 1. The van der Waals surface area contributed by atoms with Crippen molar-refractivity contribution in [3.63, 3.8) is 0 Å².